The average molecular weight is 284 g/mol. The van der Waals surface area contributed by atoms with E-state index in [-0.39, 0.29) is 35.2 Å². The largest absolute Gasteiger partial charge is 0.387 e. The second kappa shape index (κ2) is 5.40. The number of carbonyl (C=O) groups excluding carboxylic acids is 2. The summed E-state index contributed by atoms with van der Waals surface area (Å²) in [5, 5.41) is -0.0249. The van der Waals surface area contributed by atoms with Crippen molar-refractivity contribution in [1.82, 2.24) is 4.90 Å². The number of amides is 3. The van der Waals surface area contributed by atoms with E-state index in [9.17, 15) is 9.59 Å². The van der Waals surface area contributed by atoms with Crippen molar-refractivity contribution in [3.05, 3.63) is 0 Å². The number of primary amides is 1. The van der Waals surface area contributed by atoms with Gasteiger partial charge < -0.3 is 16.4 Å². The first-order chi connectivity index (χ1) is 8.91. The molecule has 0 aromatic heterocycles. The van der Waals surface area contributed by atoms with Crippen LogP contribution in [0, 0.1) is 11.8 Å². The van der Waals surface area contributed by atoms with Gasteiger partial charge in [0.15, 0.2) is 0 Å². The van der Waals surface area contributed by atoms with E-state index in [1.165, 1.54) is 0 Å². The second-order valence-electron chi connectivity index (χ2n) is 5.33. The number of hydrogen-bond donors (Lipinski definition) is 2. The first-order valence-electron chi connectivity index (χ1n) is 6.48. The zero-order valence-corrected chi connectivity index (χ0v) is 12.0. The Morgan fingerprint density at radius 3 is 2.84 bits per heavy atom. The number of fused-ring (bicyclic) bond motifs is 1. The molecule has 1 saturated heterocycles. The van der Waals surface area contributed by atoms with Gasteiger partial charge in [0.25, 0.3) is 0 Å². The number of nitrogens with two attached hydrogens (primary N) is 2. The summed E-state index contributed by atoms with van der Waals surface area (Å²) in [6.45, 7) is 3.93. The Kier molecular flexibility index (Phi) is 4.03. The summed E-state index contributed by atoms with van der Waals surface area (Å²) in [5.41, 5.74) is 11.3. The molecule has 2 aliphatic rings. The molecule has 0 radical (unpaired) electrons. The number of carbonyl (C=O) groups is 2. The molecular formula is C12H20N4O2S. The van der Waals surface area contributed by atoms with Crippen molar-refractivity contribution in [3.8, 4) is 0 Å². The van der Waals surface area contributed by atoms with Gasteiger partial charge in [-0.1, -0.05) is 0 Å². The lowest BCUT2D eigenvalue weighted by atomic mass is 9.84. The van der Waals surface area contributed by atoms with Crippen molar-refractivity contribution < 1.29 is 9.59 Å². The molecule has 2 aliphatic heterocycles. The Hall–Kier alpha value is -1.24. The lowest BCUT2D eigenvalue weighted by molar-refractivity contribution is -0.119. The van der Waals surface area contributed by atoms with Crippen LogP contribution in [0.3, 0.4) is 0 Å². The monoisotopic (exact) mass is 284 g/mol. The van der Waals surface area contributed by atoms with Crippen LogP contribution in [0.2, 0.25) is 0 Å². The summed E-state index contributed by atoms with van der Waals surface area (Å²) >= 11 is 1.71. The number of hydrogen-bond acceptors (Lipinski definition) is 4. The van der Waals surface area contributed by atoms with Gasteiger partial charge >= 0.3 is 6.03 Å². The van der Waals surface area contributed by atoms with Crippen LogP contribution in [-0.2, 0) is 4.79 Å². The van der Waals surface area contributed by atoms with E-state index in [0.29, 0.717) is 12.3 Å². The van der Waals surface area contributed by atoms with Crippen LogP contribution in [0.1, 0.15) is 26.7 Å². The van der Waals surface area contributed by atoms with Gasteiger partial charge in [-0.15, -0.1) is 11.8 Å². The number of urea groups is 1. The molecule has 0 saturated carbocycles. The maximum absolute atomic E-state index is 12.0. The molecule has 0 bridgehead atoms. The third-order valence-electron chi connectivity index (χ3n) is 3.67. The van der Waals surface area contributed by atoms with Crippen molar-refractivity contribution in [3.63, 3.8) is 0 Å². The van der Waals surface area contributed by atoms with E-state index in [2.05, 4.69) is 4.99 Å². The summed E-state index contributed by atoms with van der Waals surface area (Å²) < 4.78 is 0. The van der Waals surface area contributed by atoms with Gasteiger partial charge in [0.05, 0.1) is 11.3 Å². The number of thioether (sulfide) groups is 1. The van der Waals surface area contributed by atoms with Gasteiger partial charge in [-0.2, -0.15) is 4.99 Å². The fourth-order valence-electron chi connectivity index (χ4n) is 2.85. The van der Waals surface area contributed by atoms with Crippen LogP contribution >= 0.6 is 11.8 Å². The van der Waals surface area contributed by atoms with Crippen LogP contribution in [0.4, 0.5) is 4.79 Å². The maximum Gasteiger partial charge on any atom is 0.346 e. The third-order valence-corrected chi connectivity index (χ3v) is 5.01. The van der Waals surface area contributed by atoms with Crippen LogP contribution in [0.25, 0.3) is 0 Å². The molecule has 3 amide bonds. The van der Waals surface area contributed by atoms with Gasteiger partial charge in [0.1, 0.15) is 5.84 Å². The molecule has 106 valence electrons. The Balaban J connectivity index is 2.31. The van der Waals surface area contributed by atoms with Crippen molar-refractivity contribution in [2.75, 3.05) is 5.75 Å². The number of rotatable bonds is 3. The lowest BCUT2D eigenvalue weighted by Crippen LogP contribution is -2.57. The smallest absolute Gasteiger partial charge is 0.346 e. The summed E-state index contributed by atoms with van der Waals surface area (Å²) in [4.78, 5) is 28.9. The van der Waals surface area contributed by atoms with Gasteiger partial charge in [-0.05, 0) is 31.9 Å². The summed E-state index contributed by atoms with van der Waals surface area (Å²) in [6, 6.07) is -0.211. The fraction of sp³-hybridized carbons (Fsp3) is 0.750. The number of aliphatic imine (C=N–C) groups is 1. The minimum absolute atomic E-state index is 0.0249. The molecule has 0 aromatic carbocycles. The quantitative estimate of drug-likeness (QED) is 0.798. The molecule has 2 heterocycles. The number of amidine groups is 1. The average Bonchev–Trinajstić information content (AvgIpc) is 2.26. The Morgan fingerprint density at radius 1 is 1.58 bits per heavy atom. The van der Waals surface area contributed by atoms with Crippen molar-refractivity contribution in [2.24, 2.45) is 28.3 Å². The molecule has 7 heteroatoms. The highest BCUT2D eigenvalue weighted by Crippen LogP contribution is 2.41. The standard InChI is InChI=1S/C12H20N4O2S/c1-6(2)16-11-9(10(14)15-12(16)18)7(3-4-19-11)5-8(13)17/h6-7,9,11H,3-5H2,1-2H3,(H2,13,17)(H2,14,15,18). The maximum atomic E-state index is 12.0. The summed E-state index contributed by atoms with van der Waals surface area (Å²) in [7, 11) is 0. The molecule has 0 aromatic rings. The highest BCUT2D eigenvalue weighted by Gasteiger charge is 2.45. The lowest BCUT2D eigenvalue weighted by Gasteiger charge is -2.46. The first kappa shape index (κ1) is 14.2. The van der Waals surface area contributed by atoms with Gasteiger partial charge in [-0.3, -0.25) is 4.79 Å². The molecule has 0 aliphatic carbocycles. The van der Waals surface area contributed by atoms with Crippen LogP contribution in [0.15, 0.2) is 4.99 Å². The summed E-state index contributed by atoms with van der Waals surface area (Å²) in [5.74, 6) is 0.957. The Morgan fingerprint density at radius 2 is 2.26 bits per heavy atom. The van der Waals surface area contributed by atoms with E-state index >= 15 is 0 Å². The predicted octanol–water partition coefficient (Wildman–Crippen LogP) is 0.758. The van der Waals surface area contributed by atoms with E-state index in [1.807, 2.05) is 13.8 Å². The molecule has 2 rings (SSSR count). The second-order valence-corrected chi connectivity index (χ2v) is 6.55. The Labute approximate surface area is 117 Å². The van der Waals surface area contributed by atoms with Crippen molar-refractivity contribution in [1.29, 1.82) is 0 Å². The molecule has 3 unspecified atom stereocenters. The SMILES string of the molecule is CC(C)N1C(=O)N=C(N)C2C(CC(N)=O)CCSC21. The fourth-order valence-corrected chi connectivity index (χ4v) is 4.59. The number of nitrogens with zero attached hydrogens (tertiary/aromatic N) is 2. The van der Waals surface area contributed by atoms with Crippen LogP contribution < -0.4 is 11.5 Å². The van der Waals surface area contributed by atoms with Crippen molar-refractivity contribution >= 4 is 29.5 Å². The minimum atomic E-state index is -0.323. The third kappa shape index (κ3) is 2.70. The van der Waals surface area contributed by atoms with E-state index in [4.69, 9.17) is 11.5 Å². The van der Waals surface area contributed by atoms with E-state index in [1.54, 1.807) is 16.7 Å². The highest BCUT2D eigenvalue weighted by atomic mass is 32.2. The molecule has 19 heavy (non-hydrogen) atoms. The van der Waals surface area contributed by atoms with Crippen LogP contribution in [0.5, 0.6) is 0 Å². The van der Waals surface area contributed by atoms with Gasteiger partial charge in [0, 0.05) is 12.5 Å². The molecular weight excluding hydrogens is 264 g/mol. The van der Waals surface area contributed by atoms with Gasteiger partial charge in [0.2, 0.25) is 5.91 Å². The zero-order valence-electron chi connectivity index (χ0n) is 11.2. The van der Waals surface area contributed by atoms with Gasteiger partial charge in [-0.25, -0.2) is 4.79 Å². The van der Waals surface area contributed by atoms with Crippen molar-refractivity contribution in [2.45, 2.75) is 38.1 Å². The molecule has 3 atom stereocenters. The Bertz CT molecular complexity index is 424. The zero-order chi connectivity index (χ0) is 14.2. The molecule has 6 nitrogen and oxygen atoms in total. The molecule has 0 spiro atoms. The van der Waals surface area contributed by atoms with Crippen LogP contribution in [-0.4, -0.2) is 39.8 Å². The minimum Gasteiger partial charge on any atom is -0.387 e. The highest BCUT2D eigenvalue weighted by molar-refractivity contribution is 7.99. The van der Waals surface area contributed by atoms with E-state index < -0.39 is 0 Å². The molecule has 4 N–H and O–H groups in total. The molecule has 1 fully saturated rings. The predicted molar refractivity (Wildman–Crippen MR) is 75.6 cm³/mol. The van der Waals surface area contributed by atoms with E-state index in [0.717, 1.165) is 12.2 Å². The first-order valence-corrected chi connectivity index (χ1v) is 7.53. The topological polar surface area (TPSA) is 102 Å². The normalized spacial score (nSPS) is 31.1. The summed E-state index contributed by atoms with van der Waals surface area (Å²) in [6.07, 6.45) is 1.18.